The highest BCUT2D eigenvalue weighted by molar-refractivity contribution is 5.94. The van der Waals surface area contributed by atoms with Gasteiger partial charge in [0.25, 0.3) is 0 Å². The Morgan fingerprint density at radius 3 is 1.52 bits per heavy atom. The minimum absolute atomic E-state index is 0.248. The van der Waals surface area contributed by atoms with Crippen molar-refractivity contribution >= 4 is 35.6 Å². The number of carboxylic acid groups (broad SMARTS) is 3. The third-order valence-corrected chi connectivity index (χ3v) is 3.90. The van der Waals surface area contributed by atoms with Crippen molar-refractivity contribution in [2.24, 2.45) is 5.73 Å². The molecule has 31 heavy (non-hydrogen) atoms. The van der Waals surface area contributed by atoms with Crippen molar-refractivity contribution in [1.29, 1.82) is 0 Å². The molecule has 0 saturated carbocycles. The largest absolute Gasteiger partial charge is 0.481 e. The number of carbonyl (C=O) groups excluding carboxylic acids is 3. The van der Waals surface area contributed by atoms with E-state index >= 15 is 0 Å². The second-order valence-corrected chi connectivity index (χ2v) is 6.36. The summed E-state index contributed by atoms with van der Waals surface area (Å²) in [7, 11) is 0. The van der Waals surface area contributed by atoms with Crippen molar-refractivity contribution in [3.63, 3.8) is 0 Å². The maximum absolute atomic E-state index is 12.3. The zero-order valence-electron chi connectivity index (χ0n) is 16.3. The molecule has 0 aromatic carbocycles. The highest BCUT2D eigenvalue weighted by Crippen LogP contribution is 2.02. The number of nitrogens with two attached hydrogens (primary N) is 1. The zero-order valence-corrected chi connectivity index (χ0v) is 16.3. The van der Waals surface area contributed by atoms with Crippen LogP contribution in [0.2, 0.25) is 0 Å². The Morgan fingerprint density at radius 2 is 1.06 bits per heavy atom. The molecule has 0 spiro atoms. The van der Waals surface area contributed by atoms with Crippen LogP contribution in [0, 0.1) is 0 Å². The third-order valence-electron chi connectivity index (χ3n) is 3.90. The highest BCUT2D eigenvalue weighted by atomic mass is 16.4. The molecule has 0 rings (SSSR count). The second-order valence-electron chi connectivity index (χ2n) is 6.36. The average Bonchev–Trinajstić information content (AvgIpc) is 2.70. The Morgan fingerprint density at radius 1 is 0.645 bits per heavy atom. The van der Waals surface area contributed by atoms with Crippen molar-refractivity contribution in [3.8, 4) is 0 Å². The fraction of sp³-hybridized carbons (Fsp3) is 0.625. The van der Waals surface area contributed by atoms with Crippen LogP contribution < -0.4 is 21.7 Å². The van der Waals surface area contributed by atoms with Crippen LogP contribution in [0.25, 0.3) is 0 Å². The molecule has 0 bridgehead atoms. The van der Waals surface area contributed by atoms with Gasteiger partial charge in [-0.1, -0.05) is 0 Å². The Labute approximate surface area is 175 Å². The maximum Gasteiger partial charge on any atom is 0.328 e. The molecule has 3 amide bonds. The first kappa shape index (κ1) is 27.7. The molecule has 15 nitrogen and oxygen atoms in total. The molecule has 0 aliphatic heterocycles. The first-order valence-corrected chi connectivity index (χ1v) is 8.97. The fourth-order valence-corrected chi connectivity index (χ4v) is 2.15. The number of rotatable bonds is 15. The van der Waals surface area contributed by atoms with Crippen molar-refractivity contribution in [3.05, 3.63) is 0 Å². The molecule has 176 valence electrons. The minimum atomic E-state index is -1.71. The predicted octanol–water partition coefficient (Wildman–Crippen LogP) is -4.43. The van der Waals surface area contributed by atoms with Gasteiger partial charge in [0.15, 0.2) is 0 Å². The summed E-state index contributed by atoms with van der Waals surface area (Å²) < 4.78 is 0. The molecule has 0 radical (unpaired) electrons. The van der Waals surface area contributed by atoms with E-state index in [0.717, 1.165) is 0 Å². The number of nitrogens with one attached hydrogen (secondary N) is 3. The van der Waals surface area contributed by atoms with Crippen LogP contribution in [-0.2, 0) is 28.8 Å². The van der Waals surface area contributed by atoms with E-state index in [4.69, 9.17) is 26.2 Å². The Bertz CT molecular complexity index is 684. The lowest BCUT2D eigenvalue weighted by Crippen LogP contribution is -2.58. The van der Waals surface area contributed by atoms with Crippen LogP contribution in [0.4, 0.5) is 0 Å². The van der Waals surface area contributed by atoms with Crippen LogP contribution in [0.15, 0.2) is 0 Å². The van der Waals surface area contributed by atoms with E-state index in [9.17, 15) is 33.9 Å². The number of aliphatic hydroxyl groups excluding tert-OH is 2. The van der Waals surface area contributed by atoms with E-state index < -0.39 is 92.3 Å². The van der Waals surface area contributed by atoms with Gasteiger partial charge in [-0.25, -0.2) is 4.79 Å². The van der Waals surface area contributed by atoms with Crippen molar-refractivity contribution in [2.75, 3.05) is 13.2 Å². The molecule has 0 aromatic heterocycles. The third kappa shape index (κ3) is 10.9. The minimum Gasteiger partial charge on any atom is -0.481 e. The number of hydrogen-bond acceptors (Lipinski definition) is 9. The molecule has 0 aromatic rings. The smallest absolute Gasteiger partial charge is 0.328 e. The van der Waals surface area contributed by atoms with Crippen LogP contribution in [0.3, 0.4) is 0 Å². The molecule has 0 aliphatic carbocycles. The van der Waals surface area contributed by atoms with Crippen LogP contribution in [0.5, 0.6) is 0 Å². The number of hydrogen-bond donors (Lipinski definition) is 9. The first-order chi connectivity index (χ1) is 14.4. The van der Waals surface area contributed by atoms with Gasteiger partial charge in [0.2, 0.25) is 17.7 Å². The van der Waals surface area contributed by atoms with Gasteiger partial charge in [0.05, 0.1) is 19.3 Å². The molecular formula is C16H26N4O11. The summed E-state index contributed by atoms with van der Waals surface area (Å²) in [5.74, 6) is -7.27. The van der Waals surface area contributed by atoms with Crippen molar-refractivity contribution in [2.45, 2.75) is 49.9 Å². The molecule has 15 heteroatoms. The Kier molecular flexibility index (Phi) is 12.4. The van der Waals surface area contributed by atoms with Crippen LogP contribution in [0.1, 0.15) is 25.7 Å². The molecule has 10 N–H and O–H groups in total. The Hall–Kier alpha value is -3.30. The SMILES string of the molecule is N[C@@H](CCC(=O)O)C(=O)N[C@@H](CO)C(=O)N[C@@H](CCC(=O)O)C(=O)N[C@@H](CO)C(=O)O. The second kappa shape index (κ2) is 13.8. The summed E-state index contributed by atoms with van der Waals surface area (Å²) >= 11 is 0. The van der Waals surface area contributed by atoms with Gasteiger partial charge in [0.1, 0.15) is 18.1 Å². The number of amides is 3. The van der Waals surface area contributed by atoms with Gasteiger partial charge >= 0.3 is 17.9 Å². The van der Waals surface area contributed by atoms with E-state index in [0.29, 0.717) is 0 Å². The topological polar surface area (TPSA) is 266 Å². The zero-order chi connectivity index (χ0) is 24.1. The van der Waals surface area contributed by atoms with Crippen LogP contribution in [-0.4, -0.2) is 98.5 Å². The number of aliphatic hydroxyl groups is 2. The molecule has 0 saturated heterocycles. The summed E-state index contributed by atoms with van der Waals surface area (Å²) in [5, 5.41) is 50.7. The van der Waals surface area contributed by atoms with E-state index in [1.807, 2.05) is 5.32 Å². The molecular weight excluding hydrogens is 424 g/mol. The van der Waals surface area contributed by atoms with E-state index in [2.05, 4.69) is 10.6 Å². The van der Waals surface area contributed by atoms with Crippen molar-refractivity contribution < 1.29 is 54.3 Å². The molecule has 4 atom stereocenters. The summed E-state index contributed by atoms with van der Waals surface area (Å²) in [6.45, 7) is -1.91. The van der Waals surface area contributed by atoms with Gasteiger partial charge in [-0.2, -0.15) is 0 Å². The van der Waals surface area contributed by atoms with Crippen LogP contribution >= 0.6 is 0 Å². The highest BCUT2D eigenvalue weighted by Gasteiger charge is 2.30. The molecule has 0 unspecified atom stereocenters. The van der Waals surface area contributed by atoms with Gasteiger partial charge in [-0.05, 0) is 12.8 Å². The van der Waals surface area contributed by atoms with Gasteiger partial charge < -0.3 is 47.2 Å². The fourth-order valence-electron chi connectivity index (χ4n) is 2.15. The average molecular weight is 450 g/mol. The van der Waals surface area contributed by atoms with E-state index in [1.165, 1.54) is 0 Å². The lowest BCUT2D eigenvalue weighted by molar-refractivity contribution is -0.144. The van der Waals surface area contributed by atoms with Crippen molar-refractivity contribution in [1.82, 2.24) is 16.0 Å². The summed E-state index contributed by atoms with van der Waals surface area (Å²) in [6.07, 6.45) is -1.72. The maximum atomic E-state index is 12.3. The molecule has 0 heterocycles. The lowest BCUT2D eigenvalue weighted by Gasteiger charge is -2.23. The number of carbonyl (C=O) groups is 6. The summed E-state index contributed by atoms with van der Waals surface area (Å²) in [5.41, 5.74) is 5.50. The Balaban J connectivity index is 5.19. The molecule has 0 aliphatic rings. The van der Waals surface area contributed by atoms with E-state index in [-0.39, 0.29) is 6.42 Å². The number of carboxylic acids is 3. The van der Waals surface area contributed by atoms with E-state index in [1.54, 1.807) is 0 Å². The van der Waals surface area contributed by atoms with Gasteiger partial charge in [-0.15, -0.1) is 0 Å². The van der Waals surface area contributed by atoms with Gasteiger partial charge in [-0.3, -0.25) is 24.0 Å². The lowest BCUT2D eigenvalue weighted by atomic mass is 10.1. The molecule has 0 fully saturated rings. The predicted molar refractivity (Wildman–Crippen MR) is 99.3 cm³/mol. The quantitative estimate of drug-likeness (QED) is 0.114. The monoisotopic (exact) mass is 450 g/mol. The van der Waals surface area contributed by atoms with Gasteiger partial charge in [0, 0.05) is 12.8 Å². The standard InChI is InChI=1S/C16H26N4O11/c17-7(1-3-11(23)24)13(27)19-9(5-21)15(29)18-8(2-4-12(25)26)14(28)20-10(6-22)16(30)31/h7-10,21-22H,1-6,17H2,(H,18,29)(H,19,27)(H,20,28)(H,23,24)(H,25,26)(H,30,31)/t7-,8-,9-,10-/m0/s1. The first-order valence-electron chi connectivity index (χ1n) is 8.97. The normalized spacial score (nSPS) is 14.4. The number of aliphatic carboxylic acids is 3. The summed E-state index contributed by atoms with van der Waals surface area (Å²) in [4.78, 5) is 68.8. The summed E-state index contributed by atoms with van der Waals surface area (Å²) in [6, 6.07) is -6.19.